The van der Waals surface area contributed by atoms with Crippen molar-refractivity contribution in [3.05, 3.63) is 102 Å². The van der Waals surface area contributed by atoms with Gasteiger partial charge in [0.25, 0.3) is 0 Å². The van der Waals surface area contributed by atoms with Crippen molar-refractivity contribution >= 4 is 24.0 Å². The monoisotopic (exact) mass is 352 g/mol. The third-order valence-corrected chi connectivity index (χ3v) is 8.00. The third kappa shape index (κ3) is 2.57. The van der Waals surface area contributed by atoms with Gasteiger partial charge in [-0.25, -0.2) is 0 Å². The van der Waals surface area contributed by atoms with Crippen LogP contribution in [0.15, 0.2) is 84.9 Å². The highest BCUT2D eigenvalue weighted by Gasteiger charge is 2.23. The molecule has 0 amide bonds. The molecule has 0 radical (unpaired) electrons. The van der Waals surface area contributed by atoms with Crippen LogP contribution in [0.25, 0.3) is 21.9 Å². The summed E-state index contributed by atoms with van der Waals surface area (Å²) in [7, 11) is -0.233. The van der Waals surface area contributed by atoms with E-state index in [-0.39, 0.29) is 7.92 Å². The Morgan fingerprint density at radius 3 is 2.23 bits per heavy atom. The fourth-order valence-electron chi connectivity index (χ4n) is 4.22. The maximum absolute atomic E-state index is 2.36. The van der Waals surface area contributed by atoms with Crippen LogP contribution >= 0.6 is 7.92 Å². The van der Waals surface area contributed by atoms with Gasteiger partial charge >= 0.3 is 0 Å². The summed E-state index contributed by atoms with van der Waals surface area (Å²) in [6.07, 6.45) is 2.37. The van der Waals surface area contributed by atoms with Crippen LogP contribution in [-0.2, 0) is 12.3 Å². The number of rotatable bonds is 2. The van der Waals surface area contributed by atoms with Crippen molar-refractivity contribution in [1.82, 2.24) is 0 Å². The molecule has 4 aromatic rings. The molecule has 126 valence electrons. The zero-order chi connectivity index (χ0) is 17.5. The lowest BCUT2D eigenvalue weighted by molar-refractivity contribution is 1.30. The molecule has 0 aromatic heterocycles. The maximum atomic E-state index is 2.36. The van der Waals surface area contributed by atoms with Crippen molar-refractivity contribution in [1.29, 1.82) is 0 Å². The van der Waals surface area contributed by atoms with E-state index in [0.717, 1.165) is 0 Å². The molecule has 0 bridgehead atoms. The summed E-state index contributed by atoms with van der Waals surface area (Å²) in [6.45, 7) is 2.23. The number of aryl methyl sites for hydroxylation is 1. The van der Waals surface area contributed by atoms with Crippen molar-refractivity contribution in [3.8, 4) is 11.1 Å². The normalized spacial score (nSPS) is 16.0. The minimum absolute atomic E-state index is 0.233. The largest absolute Gasteiger partial charge is 0.0656 e. The standard InChI is InChI=1S/C25H21P/c1-18-14-15-21-17-26(16-20-10-7-12-22(18)25(20)21)24-13-6-5-11-23(24)19-8-3-2-4-9-19/h2-15H,16-17H2,1H3. The number of hydrogen-bond acceptors (Lipinski definition) is 0. The Morgan fingerprint density at radius 1 is 0.654 bits per heavy atom. The van der Waals surface area contributed by atoms with Crippen LogP contribution in [0.5, 0.6) is 0 Å². The number of benzene rings is 4. The Hall–Kier alpha value is -2.43. The summed E-state index contributed by atoms with van der Waals surface area (Å²) in [5.74, 6) is 0. The van der Waals surface area contributed by atoms with Gasteiger partial charge in [0, 0.05) is 0 Å². The molecule has 0 aliphatic carbocycles. The smallest absolute Gasteiger partial charge is 0.00233 e. The summed E-state index contributed by atoms with van der Waals surface area (Å²) in [4.78, 5) is 0. The molecule has 5 rings (SSSR count). The van der Waals surface area contributed by atoms with Gasteiger partial charge < -0.3 is 0 Å². The van der Waals surface area contributed by atoms with Crippen LogP contribution in [-0.4, -0.2) is 0 Å². The Bertz CT molecular complexity index is 1080. The van der Waals surface area contributed by atoms with Gasteiger partial charge in [0.1, 0.15) is 0 Å². The molecule has 0 N–H and O–H groups in total. The SMILES string of the molecule is Cc1ccc2c3c(cccc13)CP(c1ccccc1-c1ccccc1)C2. The summed E-state index contributed by atoms with van der Waals surface area (Å²) < 4.78 is 0. The molecule has 1 heterocycles. The van der Waals surface area contributed by atoms with Crippen molar-refractivity contribution in [3.63, 3.8) is 0 Å². The van der Waals surface area contributed by atoms with E-state index in [0.29, 0.717) is 0 Å². The van der Waals surface area contributed by atoms with Crippen molar-refractivity contribution in [2.75, 3.05) is 0 Å². The minimum atomic E-state index is -0.233. The fourth-order valence-corrected chi connectivity index (χ4v) is 6.86. The molecule has 1 heteroatoms. The Balaban J connectivity index is 1.63. The third-order valence-electron chi connectivity index (χ3n) is 5.48. The molecule has 4 aromatic carbocycles. The highest BCUT2D eigenvalue weighted by atomic mass is 31.1. The lowest BCUT2D eigenvalue weighted by atomic mass is 9.97. The van der Waals surface area contributed by atoms with E-state index in [1.807, 2.05) is 0 Å². The highest BCUT2D eigenvalue weighted by Crippen LogP contribution is 2.51. The van der Waals surface area contributed by atoms with E-state index in [1.165, 1.54) is 56.2 Å². The second-order valence-electron chi connectivity index (χ2n) is 7.12. The second-order valence-corrected chi connectivity index (χ2v) is 9.31. The van der Waals surface area contributed by atoms with Gasteiger partial charge in [-0.2, -0.15) is 0 Å². The quantitative estimate of drug-likeness (QED) is 0.355. The van der Waals surface area contributed by atoms with E-state index < -0.39 is 0 Å². The first-order valence-electron chi connectivity index (χ1n) is 9.21. The van der Waals surface area contributed by atoms with E-state index >= 15 is 0 Å². The average molecular weight is 352 g/mol. The molecule has 1 unspecified atom stereocenters. The van der Waals surface area contributed by atoms with Gasteiger partial charge in [-0.15, -0.1) is 0 Å². The Morgan fingerprint density at radius 2 is 1.38 bits per heavy atom. The fraction of sp³-hybridized carbons (Fsp3) is 0.120. The topological polar surface area (TPSA) is 0 Å². The van der Waals surface area contributed by atoms with Crippen LogP contribution in [0.4, 0.5) is 0 Å². The maximum Gasteiger partial charge on any atom is -0.00233 e. The first kappa shape index (κ1) is 15.8. The molecular weight excluding hydrogens is 331 g/mol. The summed E-state index contributed by atoms with van der Waals surface area (Å²) in [5.41, 5.74) is 7.19. The Kier molecular flexibility index (Phi) is 3.88. The Labute approximate surface area is 156 Å². The van der Waals surface area contributed by atoms with E-state index in [4.69, 9.17) is 0 Å². The predicted molar refractivity (Wildman–Crippen MR) is 115 cm³/mol. The van der Waals surface area contributed by atoms with Gasteiger partial charge in [0.05, 0.1) is 0 Å². The summed E-state index contributed by atoms with van der Waals surface area (Å²) >= 11 is 0. The molecule has 26 heavy (non-hydrogen) atoms. The molecule has 0 fully saturated rings. The first-order chi connectivity index (χ1) is 12.8. The van der Waals surface area contributed by atoms with Crippen molar-refractivity contribution < 1.29 is 0 Å². The van der Waals surface area contributed by atoms with Crippen molar-refractivity contribution in [2.45, 2.75) is 19.2 Å². The van der Waals surface area contributed by atoms with Crippen LogP contribution < -0.4 is 5.30 Å². The molecule has 0 saturated carbocycles. The zero-order valence-corrected chi connectivity index (χ0v) is 15.8. The van der Waals surface area contributed by atoms with E-state index in [2.05, 4.69) is 91.9 Å². The van der Waals surface area contributed by atoms with Gasteiger partial charge in [-0.05, 0) is 63.1 Å². The first-order valence-corrected chi connectivity index (χ1v) is 10.9. The molecule has 1 aliphatic rings. The second kappa shape index (κ2) is 6.38. The number of hydrogen-bond donors (Lipinski definition) is 0. The van der Waals surface area contributed by atoms with Gasteiger partial charge in [0.15, 0.2) is 0 Å². The molecule has 1 atom stereocenters. The van der Waals surface area contributed by atoms with Crippen LogP contribution in [0.2, 0.25) is 0 Å². The predicted octanol–water partition coefficient (Wildman–Crippen LogP) is 6.64. The molecule has 0 saturated heterocycles. The van der Waals surface area contributed by atoms with Gasteiger partial charge in [-0.1, -0.05) is 92.9 Å². The summed E-state index contributed by atoms with van der Waals surface area (Å²) in [6, 6.07) is 31.4. The minimum Gasteiger partial charge on any atom is -0.0656 e. The molecule has 1 aliphatic heterocycles. The zero-order valence-electron chi connectivity index (χ0n) is 14.9. The van der Waals surface area contributed by atoms with E-state index in [1.54, 1.807) is 0 Å². The van der Waals surface area contributed by atoms with Gasteiger partial charge in [-0.3, -0.25) is 0 Å². The van der Waals surface area contributed by atoms with Crippen LogP contribution in [0.3, 0.4) is 0 Å². The molecular formula is C25H21P. The van der Waals surface area contributed by atoms with Crippen LogP contribution in [0.1, 0.15) is 16.7 Å². The molecule has 0 spiro atoms. The van der Waals surface area contributed by atoms with Gasteiger partial charge in [0.2, 0.25) is 0 Å². The van der Waals surface area contributed by atoms with Crippen LogP contribution in [0, 0.1) is 6.92 Å². The van der Waals surface area contributed by atoms with E-state index in [9.17, 15) is 0 Å². The molecule has 0 nitrogen and oxygen atoms in total. The lowest BCUT2D eigenvalue weighted by Crippen LogP contribution is -2.12. The highest BCUT2D eigenvalue weighted by molar-refractivity contribution is 7.64. The lowest BCUT2D eigenvalue weighted by Gasteiger charge is -2.28. The average Bonchev–Trinajstić information content (AvgIpc) is 2.71. The summed E-state index contributed by atoms with van der Waals surface area (Å²) in [5, 5.41) is 4.49. The van der Waals surface area contributed by atoms with Crippen molar-refractivity contribution in [2.24, 2.45) is 0 Å².